The lowest BCUT2D eigenvalue weighted by Crippen LogP contribution is -2.13. The van der Waals surface area contributed by atoms with Gasteiger partial charge in [0.1, 0.15) is 11.3 Å². The molecule has 0 saturated heterocycles. The number of aromatic nitrogens is 1. The number of pyridine rings is 1. The van der Waals surface area contributed by atoms with Gasteiger partial charge in [0.15, 0.2) is 0 Å². The summed E-state index contributed by atoms with van der Waals surface area (Å²) in [4.78, 5) is 27.1. The number of phenols is 1. The van der Waals surface area contributed by atoms with Crippen LogP contribution < -0.4 is 5.32 Å². The van der Waals surface area contributed by atoms with Crippen LogP contribution >= 0.6 is 0 Å². The Morgan fingerprint density at radius 3 is 2.64 bits per heavy atom. The molecule has 0 fully saturated rings. The molecule has 3 aromatic carbocycles. The smallest absolute Gasteiger partial charge is 0.338 e. The molecule has 0 bridgehead atoms. The Labute approximate surface area is 189 Å². The van der Waals surface area contributed by atoms with E-state index in [2.05, 4.69) is 10.3 Å². The lowest BCUT2D eigenvalue weighted by atomic mass is 9.95. The van der Waals surface area contributed by atoms with Gasteiger partial charge >= 0.3 is 5.97 Å². The van der Waals surface area contributed by atoms with Crippen LogP contribution in [0.2, 0.25) is 0 Å². The van der Waals surface area contributed by atoms with Gasteiger partial charge in [0, 0.05) is 35.0 Å². The van der Waals surface area contributed by atoms with Crippen molar-refractivity contribution < 1.29 is 19.6 Å². The van der Waals surface area contributed by atoms with Gasteiger partial charge in [0.25, 0.3) is 5.69 Å². The molecular weight excluding hydrogens is 422 g/mol. The SMILES string of the molecule is CCOC(=O)c1ccc(N[C@@H](c2cccc([N+](=O)[O-])c2)c2ccc3cccnc3c2O)cc1. The number of hydrogen-bond donors (Lipinski definition) is 2. The van der Waals surface area contributed by atoms with Crippen molar-refractivity contribution in [2.24, 2.45) is 0 Å². The van der Waals surface area contributed by atoms with Gasteiger partial charge in [-0.2, -0.15) is 0 Å². The molecule has 2 N–H and O–H groups in total. The van der Waals surface area contributed by atoms with Gasteiger partial charge < -0.3 is 15.2 Å². The Morgan fingerprint density at radius 1 is 1.12 bits per heavy atom. The Kier molecular flexibility index (Phi) is 6.17. The van der Waals surface area contributed by atoms with E-state index in [-0.39, 0.29) is 18.0 Å². The highest BCUT2D eigenvalue weighted by molar-refractivity contribution is 5.90. The molecule has 0 aliphatic rings. The summed E-state index contributed by atoms with van der Waals surface area (Å²) >= 11 is 0. The molecule has 0 amide bonds. The van der Waals surface area contributed by atoms with E-state index in [1.165, 1.54) is 12.1 Å². The van der Waals surface area contributed by atoms with Gasteiger partial charge in [-0.25, -0.2) is 4.79 Å². The van der Waals surface area contributed by atoms with E-state index in [1.54, 1.807) is 61.7 Å². The number of carbonyl (C=O) groups is 1. The van der Waals surface area contributed by atoms with Gasteiger partial charge in [-0.05, 0) is 42.8 Å². The monoisotopic (exact) mass is 443 g/mol. The van der Waals surface area contributed by atoms with Crippen molar-refractivity contribution in [3.63, 3.8) is 0 Å². The minimum absolute atomic E-state index is 0.0137. The minimum Gasteiger partial charge on any atom is -0.505 e. The number of phenolic OH excluding ortho intramolecular Hbond substituents is 1. The summed E-state index contributed by atoms with van der Waals surface area (Å²) in [6.45, 7) is 2.02. The predicted octanol–water partition coefficient (Wildman–Crippen LogP) is 5.23. The fourth-order valence-electron chi connectivity index (χ4n) is 3.62. The highest BCUT2D eigenvalue weighted by atomic mass is 16.6. The van der Waals surface area contributed by atoms with Gasteiger partial charge in [0.2, 0.25) is 0 Å². The number of hydrogen-bond acceptors (Lipinski definition) is 7. The maximum Gasteiger partial charge on any atom is 0.338 e. The third-order valence-corrected chi connectivity index (χ3v) is 5.21. The predicted molar refractivity (Wildman–Crippen MR) is 124 cm³/mol. The number of nitrogens with one attached hydrogen (secondary N) is 1. The van der Waals surface area contributed by atoms with Crippen molar-refractivity contribution >= 4 is 28.2 Å². The van der Waals surface area contributed by atoms with E-state index in [0.717, 1.165) is 5.39 Å². The quantitative estimate of drug-likeness (QED) is 0.228. The number of aromatic hydroxyl groups is 1. The summed E-state index contributed by atoms with van der Waals surface area (Å²) in [6, 6.07) is 19.5. The van der Waals surface area contributed by atoms with E-state index in [9.17, 15) is 20.0 Å². The summed E-state index contributed by atoms with van der Waals surface area (Å²) < 4.78 is 5.02. The molecule has 0 radical (unpaired) electrons. The number of benzene rings is 3. The average molecular weight is 443 g/mol. The molecular formula is C25H21N3O5. The van der Waals surface area contributed by atoms with Crippen molar-refractivity contribution in [2.45, 2.75) is 13.0 Å². The van der Waals surface area contributed by atoms with Crippen LogP contribution in [0.1, 0.15) is 34.5 Å². The van der Waals surface area contributed by atoms with Gasteiger partial charge in [-0.1, -0.05) is 30.3 Å². The van der Waals surface area contributed by atoms with Gasteiger partial charge in [0.05, 0.1) is 23.1 Å². The molecule has 8 nitrogen and oxygen atoms in total. The first-order chi connectivity index (χ1) is 16.0. The van der Waals surface area contributed by atoms with E-state index < -0.39 is 16.9 Å². The molecule has 0 spiro atoms. The molecule has 0 unspecified atom stereocenters. The van der Waals surface area contributed by atoms with Crippen LogP contribution in [0.5, 0.6) is 5.75 Å². The van der Waals surface area contributed by atoms with Crippen LogP contribution in [0.3, 0.4) is 0 Å². The summed E-state index contributed by atoms with van der Waals surface area (Å²) in [5, 5.41) is 26.5. The lowest BCUT2D eigenvalue weighted by molar-refractivity contribution is -0.384. The minimum atomic E-state index is -0.621. The largest absolute Gasteiger partial charge is 0.505 e. The fraction of sp³-hybridized carbons (Fsp3) is 0.120. The Bertz CT molecular complexity index is 1320. The van der Waals surface area contributed by atoms with E-state index in [1.807, 2.05) is 12.1 Å². The second-order valence-electron chi connectivity index (χ2n) is 7.31. The van der Waals surface area contributed by atoms with E-state index in [4.69, 9.17) is 4.74 Å². The Hall–Kier alpha value is -4.46. The number of fused-ring (bicyclic) bond motifs is 1. The van der Waals surface area contributed by atoms with Crippen molar-refractivity contribution in [1.29, 1.82) is 0 Å². The van der Waals surface area contributed by atoms with Crippen molar-refractivity contribution in [1.82, 2.24) is 4.98 Å². The zero-order valence-corrected chi connectivity index (χ0v) is 17.8. The van der Waals surface area contributed by atoms with Crippen LogP contribution in [0, 0.1) is 10.1 Å². The third-order valence-electron chi connectivity index (χ3n) is 5.21. The number of rotatable bonds is 7. The first kappa shape index (κ1) is 21.8. The first-order valence-electron chi connectivity index (χ1n) is 10.3. The third kappa shape index (κ3) is 4.59. The molecule has 166 valence electrons. The zero-order chi connectivity index (χ0) is 23.4. The molecule has 4 aromatic rings. The number of non-ortho nitro benzene ring substituents is 1. The molecule has 0 saturated carbocycles. The number of nitro benzene ring substituents is 1. The van der Waals surface area contributed by atoms with Crippen molar-refractivity contribution in [3.05, 3.63) is 106 Å². The maximum absolute atomic E-state index is 11.9. The molecule has 4 rings (SSSR count). The van der Waals surface area contributed by atoms with Crippen molar-refractivity contribution in [2.75, 3.05) is 11.9 Å². The van der Waals surface area contributed by atoms with Crippen LogP contribution in [0.4, 0.5) is 11.4 Å². The summed E-state index contributed by atoms with van der Waals surface area (Å²) in [5.74, 6) is -0.433. The van der Waals surface area contributed by atoms with Gasteiger partial charge in [-0.15, -0.1) is 0 Å². The van der Waals surface area contributed by atoms with Crippen LogP contribution in [-0.4, -0.2) is 27.6 Å². The summed E-state index contributed by atoms with van der Waals surface area (Å²) in [7, 11) is 0. The number of esters is 1. The number of carbonyl (C=O) groups excluding carboxylic acids is 1. The Morgan fingerprint density at radius 2 is 1.91 bits per heavy atom. The second kappa shape index (κ2) is 9.35. The number of nitrogens with zero attached hydrogens (tertiary/aromatic N) is 2. The number of ether oxygens (including phenoxy) is 1. The van der Waals surface area contributed by atoms with E-state index in [0.29, 0.717) is 27.9 Å². The number of anilines is 1. The first-order valence-corrected chi connectivity index (χ1v) is 10.3. The van der Waals surface area contributed by atoms with Gasteiger partial charge in [-0.3, -0.25) is 15.1 Å². The molecule has 0 aliphatic heterocycles. The summed E-state index contributed by atoms with van der Waals surface area (Å²) in [5.41, 5.74) is 2.53. The molecule has 1 aromatic heterocycles. The molecule has 8 heteroatoms. The lowest BCUT2D eigenvalue weighted by Gasteiger charge is -2.22. The summed E-state index contributed by atoms with van der Waals surface area (Å²) in [6.07, 6.45) is 1.59. The molecule has 0 aliphatic carbocycles. The highest BCUT2D eigenvalue weighted by Crippen LogP contribution is 2.37. The normalized spacial score (nSPS) is 11.7. The van der Waals surface area contributed by atoms with Crippen molar-refractivity contribution in [3.8, 4) is 5.75 Å². The fourth-order valence-corrected chi connectivity index (χ4v) is 3.62. The standard InChI is InChI=1S/C25H21N3O5/c1-2-33-25(30)17-8-11-19(12-9-17)27-22(18-5-3-7-20(15-18)28(31)32)21-13-10-16-6-4-14-26-23(16)24(21)29/h3-15,22,27,29H,2H2,1H3/t22-/m0/s1. The Balaban J connectivity index is 1.77. The van der Waals surface area contributed by atoms with Crippen LogP contribution in [0.25, 0.3) is 10.9 Å². The zero-order valence-electron chi connectivity index (χ0n) is 17.8. The molecule has 1 atom stereocenters. The topological polar surface area (TPSA) is 115 Å². The van der Waals surface area contributed by atoms with Crippen LogP contribution in [0.15, 0.2) is 79.0 Å². The van der Waals surface area contributed by atoms with E-state index >= 15 is 0 Å². The number of nitro groups is 1. The maximum atomic E-state index is 11.9. The highest BCUT2D eigenvalue weighted by Gasteiger charge is 2.22. The molecule has 1 heterocycles. The van der Waals surface area contributed by atoms with Crippen LogP contribution in [-0.2, 0) is 4.74 Å². The second-order valence-corrected chi connectivity index (χ2v) is 7.31. The average Bonchev–Trinajstić information content (AvgIpc) is 2.84. The molecule has 33 heavy (non-hydrogen) atoms.